The van der Waals surface area contributed by atoms with Crippen molar-refractivity contribution in [2.75, 3.05) is 0 Å². The fourth-order valence-corrected chi connectivity index (χ4v) is 2.12. The van der Waals surface area contributed by atoms with Crippen LogP contribution in [0.15, 0.2) is 30.3 Å². The average Bonchev–Trinajstić information content (AvgIpc) is 3.16. The average molecular weight is 262 g/mol. The number of hydrogen-bond donors (Lipinski definition) is 3. The first-order valence-electron chi connectivity index (χ1n) is 6.40. The molecule has 1 aromatic carbocycles. The molecule has 0 aromatic heterocycles. The molecule has 1 aromatic rings. The Labute approximate surface area is 111 Å². The summed E-state index contributed by atoms with van der Waals surface area (Å²) in [5, 5.41) is 11.4. The van der Waals surface area contributed by atoms with Crippen LogP contribution < -0.4 is 11.1 Å². The topological polar surface area (TPSA) is 92.4 Å². The molecule has 5 heteroatoms. The Morgan fingerprint density at radius 1 is 1.37 bits per heavy atom. The van der Waals surface area contributed by atoms with Crippen molar-refractivity contribution in [3.8, 4) is 0 Å². The molecule has 1 aliphatic carbocycles. The number of carboxylic acid groups (broad SMARTS) is 1. The van der Waals surface area contributed by atoms with Gasteiger partial charge in [-0.25, -0.2) is 0 Å². The van der Waals surface area contributed by atoms with Gasteiger partial charge in [-0.2, -0.15) is 0 Å². The lowest BCUT2D eigenvalue weighted by Crippen LogP contribution is -2.42. The van der Waals surface area contributed by atoms with Crippen molar-refractivity contribution in [1.29, 1.82) is 0 Å². The molecule has 0 radical (unpaired) electrons. The summed E-state index contributed by atoms with van der Waals surface area (Å²) < 4.78 is 0. The second kappa shape index (κ2) is 5.84. The smallest absolute Gasteiger partial charge is 0.303 e. The molecule has 0 bridgehead atoms. The number of carbonyl (C=O) groups excluding carboxylic acids is 1. The zero-order valence-corrected chi connectivity index (χ0v) is 10.6. The van der Waals surface area contributed by atoms with Gasteiger partial charge >= 0.3 is 5.97 Å². The Balaban J connectivity index is 1.77. The van der Waals surface area contributed by atoms with E-state index in [9.17, 15) is 9.59 Å². The second-order valence-electron chi connectivity index (χ2n) is 4.91. The Morgan fingerprint density at radius 3 is 2.68 bits per heavy atom. The monoisotopic (exact) mass is 262 g/mol. The molecule has 3 atom stereocenters. The van der Waals surface area contributed by atoms with E-state index in [-0.39, 0.29) is 24.8 Å². The van der Waals surface area contributed by atoms with Gasteiger partial charge in [-0.1, -0.05) is 30.3 Å². The highest BCUT2D eigenvalue weighted by Crippen LogP contribution is 2.40. The van der Waals surface area contributed by atoms with Gasteiger partial charge in [0.05, 0.1) is 6.04 Å². The molecule has 0 aliphatic heterocycles. The molecule has 1 saturated carbocycles. The van der Waals surface area contributed by atoms with Crippen LogP contribution >= 0.6 is 0 Å². The number of carbonyl (C=O) groups is 2. The number of aliphatic carboxylic acids is 1. The minimum absolute atomic E-state index is 0.0820. The third-order valence-electron chi connectivity index (χ3n) is 3.35. The van der Waals surface area contributed by atoms with Crippen LogP contribution in [-0.2, 0) is 9.59 Å². The van der Waals surface area contributed by atoms with Crippen LogP contribution in [0.4, 0.5) is 0 Å². The number of nitrogens with one attached hydrogen (secondary N) is 1. The molecule has 0 heterocycles. The maximum absolute atomic E-state index is 11.8. The lowest BCUT2D eigenvalue weighted by molar-refractivity contribution is -0.137. The van der Waals surface area contributed by atoms with Crippen molar-refractivity contribution < 1.29 is 14.7 Å². The zero-order valence-electron chi connectivity index (χ0n) is 10.6. The lowest BCUT2D eigenvalue weighted by atomic mass is 10.1. The van der Waals surface area contributed by atoms with Gasteiger partial charge in [0.25, 0.3) is 0 Å². The molecule has 19 heavy (non-hydrogen) atoms. The Hall–Kier alpha value is -1.88. The predicted molar refractivity (Wildman–Crippen MR) is 70.6 cm³/mol. The number of carboxylic acids is 1. The molecule has 1 aliphatic rings. The normalized spacial score (nSPS) is 22.6. The standard InChI is InChI=1S/C14H18N2O3/c15-11(6-7-13(17)18)14(19)16-12-8-10(12)9-4-2-1-3-5-9/h1-5,10-12H,6-8,15H2,(H,16,19)(H,17,18). The predicted octanol–water partition coefficient (Wildman–Crippen LogP) is 0.851. The molecule has 0 saturated heterocycles. The maximum atomic E-state index is 11.8. The Morgan fingerprint density at radius 2 is 2.05 bits per heavy atom. The van der Waals surface area contributed by atoms with E-state index in [0.717, 1.165) is 6.42 Å². The fourth-order valence-electron chi connectivity index (χ4n) is 2.12. The first-order valence-corrected chi connectivity index (χ1v) is 6.40. The van der Waals surface area contributed by atoms with E-state index in [1.807, 2.05) is 30.3 Å². The molecular formula is C14H18N2O3. The van der Waals surface area contributed by atoms with E-state index < -0.39 is 12.0 Å². The first kappa shape index (κ1) is 13.5. The molecule has 3 unspecified atom stereocenters. The van der Waals surface area contributed by atoms with Crippen LogP contribution in [0.5, 0.6) is 0 Å². The van der Waals surface area contributed by atoms with Gasteiger partial charge in [0.15, 0.2) is 0 Å². The summed E-state index contributed by atoms with van der Waals surface area (Å²) in [5.74, 6) is -0.835. The quantitative estimate of drug-likeness (QED) is 0.708. The van der Waals surface area contributed by atoms with Crippen LogP contribution in [0.3, 0.4) is 0 Å². The van der Waals surface area contributed by atoms with Crippen molar-refractivity contribution in [3.63, 3.8) is 0 Å². The third kappa shape index (κ3) is 3.79. The third-order valence-corrected chi connectivity index (χ3v) is 3.35. The largest absolute Gasteiger partial charge is 0.481 e. The Kier molecular flexibility index (Phi) is 4.16. The van der Waals surface area contributed by atoms with Gasteiger partial charge in [-0.05, 0) is 18.4 Å². The number of benzene rings is 1. The fraction of sp³-hybridized carbons (Fsp3) is 0.429. The van der Waals surface area contributed by atoms with Gasteiger partial charge in [-0.15, -0.1) is 0 Å². The van der Waals surface area contributed by atoms with E-state index in [4.69, 9.17) is 10.8 Å². The summed E-state index contributed by atoms with van der Waals surface area (Å²) in [4.78, 5) is 22.2. The number of rotatable bonds is 6. The van der Waals surface area contributed by atoms with Crippen molar-refractivity contribution >= 4 is 11.9 Å². The minimum atomic E-state index is -0.933. The lowest BCUT2D eigenvalue weighted by Gasteiger charge is -2.11. The van der Waals surface area contributed by atoms with Gasteiger partial charge in [-0.3, -0.25) is 9.59 Å². The summed E-state index contributed by atoms with van der Waals surface area (Å²) >= 11 is 0. The first-order chi connectivity index (χ1) is 9.08. The van der Waals surface area contributed by atoms with Gasteiger partial charge in [0.2, 0.25) is 5.91 Å². The van der Waals surface area contributed by atoms with Crippen molar-refractivity contribution in [3.05, 3.63) is 35.9 Å². The summed E-state index contributed by atoms with van der Waals surface area (Å²) in [6.07, 6.45) is 1.01. The van der Waals surface area contributed by atoms with Crippen molar-refractivity contribution in [2.45, 2.75) is 37.3 Å². The molecule has 5 nitrogen and oxygen atoms in total. The van der Waals surface area contributed by atoms with Crippen LogP contribution in [-0.4, -0.2) is 29.1 Å². The second-order valence-corrected chi connectivity index (χ2v) is 4.91. The molecule has 2 rings (SSSR count). The zero-order chi connectivity index (χ0) is 13.8. The molecule has 1 fully saturated rings. The van der Waals surface area contributed by atoms with Crippen LogP contribution in [0.1, 0.15) is 30.7 Å². The highest BCUT2D eigenvalue weighted by atomic mass is 16.4. The SMILES string of the molecule is NC(CCC(=O)O)C(=O)NC1CC1c1ccccc1. The maximum Gasteiger partial charge on any atom is 0.303 e. The Bertz CT molecular complexity index is 461. The van der Waals surface area contributed by atoms with E-state index in [1.54, 1.807) is 0 Å². The van der Waals surface area contributed by atoms with Crippen molar-refractivity contribution in [2.24, 2.45) is 5.73 Å². The van der Waals surface area contributed by atoms with Gasteiger partial charge in [0.1, 0.15) is 0 Å². The van der Waals surface area contributed by atoms with E-state index in [1.165, 1.54) is 5.56 Å². The van der Waals surface area contributed by atoms with E-state index >= 15 is 0 Å². The molecule has 4 N–H and O–H groups in total. The van der Waals surface area contributed by atoms with Gasteiger partial charge in [0, 0.05) is 18.4 Å². The van der Waals surface area contributed by atoms with Crippen LogP contribution in [0, 0.1) is 0 Å². The summed E-state index contributed by atoms with van der Waals surface area (Å²) in [7, 11) is 0. The molecular weight excluding hydrogens is 244 g/mol. The van der Waals surface area contributed by atoms with Crippen molar-refractivity contribution in [1.82, 2.24) is 5.32 Å². The number of nitrogens with two attached hydrogens (primary N) is 1. The van der Waals surface area contributed by atoms with E-state index in [0.29, 0.717) is 5.92 Å². The molecule has 1 amide bonds. The number of amides is 1. The minimum Gasteiger partial charge on any atom is -0.481 e. The summed E-state index contributed by atoms with van der Waals surface area (Å²) in [5.41, 5.74) is 6.87. The highest BCUT2D eigenvalue weighted by Gasteiger charge is 2.39. The van der Waals surface area contributed by atoms with Crippen LogP contribution in [0.2, 0.25) is 0 Å². The number of hydrogen-bond acceptors (Lipinski definition) is 3. The molecule has 0 spiro atoms. The van der Waals surface area contributed by atoms with Crippen LogP contribution in [0.25, 0.3) is 0 Å². The van der Waals surface area contributed by atoms with Gasteiger partial charge < -0.3 is 16.2 Å². The molecule has 102 valence electrons. The van der Waals surface area contributed by atoms with E-state index in [2.05, 4.69) is 5.32 Å². The summed E-state index contributed by atoms with van der Waals surface area (Å²) in [6, 6.07) is 9.39. The summed E-state index contributed by atoms with van der Waals surface area (Å²) in [6.45, 7) is 0. The highest BCUT2D eigenvalue weighted by molar-refractivity contribution is 5.82.